The molecule has 0 fully saturated rings. The van der Waals surface area contributed by atoms with Crippen molar-refractivity contribution in [2.75, 3.05) is 4.90 Å². The number of nitrogens with zero attached hydrogens (tertiary/aromatic N) is 1. The topological polar surface area (TPSA) is 15.3 Å². The molecule has 2 heteroatoms. The molecule has 0 radical (unpaired) electrons. The molecule has 1 N–H and O–H groups in total. The van der Waals surface area contributed by atoms with E-state index < -0.39 is 0 Å². The number of hydrogen-bond acceptors (Lipinski definition) is 2. The molecule has 3 aliphatic rings. The number of hydrogen-bond donors (Lipinski definition) is 1. The monoisotopic (exact) mass is 572 g/mol. The molecule has 0 saturated carbocycles. The Balaban J connectivity index is 1.27. The fourth-order valence-electron chi connectivity index (χ4n) is 7.02. The molecule has 1 aliphatic heterocycles. The summed E-state index contributed by atoms with van der Waals surface area (Å²) < 4.78 is 0. The van der Waals surface area contributed by atoms with Gasteiger partial charge in [-0.05, 0) is 89.8 Å². The normalized spacial score (nSPS) is 19.4. The highest BCUT2D eigenvalue weighted by molar-refractivity contribution is 5.86. The third-order valence-electron chi connectivity index (χ3n) is 9.25. The van der Waals surface area contributed by atoms with Crippen LogP contribution in [0.5, 0.6) is 0 Å². The molecular formula is C42H40N2. The van der Waals surface area contributed by atoms with Crippen molar-refractivity contribution < 1.29 is 0 Å². The van der Waals surface area contributed by atoms with E-state index in [1.807, 2.05) is 0 Å². The maximum absolute atomic E-state index is 3.84. The predicted molar refractivity (Wildman–Crippen MR) is 185 cm³/mol. The number of nitrogens with one attached hydrogen (secondary N) is 1. The lowest BCUT2D eigenvalue weighted by atomic mass is 9.80. The van der Waals surface area contributed by atoms with Crippen LogP contribution in [0.4, 0.5) is 5.69 Å². The summed E-state index contributed by atoms with van der Waals surface area (Å²) >= 11 is 0. The van der Waals surface area contributed by atoms with Crippen LogP contribution in [-0.4, -0.2) is 0 Å². The Bertz CT molecular complexity index is 1790. The highest BCUT2D eigenvalue weighted by atomic mass is 15.3. The van der Waals surface area contributed by atoms with Crippen molar-refractivity contribution in [3.63, 3.8) is 0 Å². The zero-order chi connectivity index (χ0) is 29.9. The molecule has 0 bridgehead atoms. The van der Waals surface area contributed by atoms with Gasteiger partial charge >= 0.3 is 0 Å². The molecule has 7 rings (SSSR count). The molecule has 2 nitrogen and oxygen atoms in total. The van der Waals surface area contributed by atoms with Crippen LogP contribution in [0.25, 0.3) is 5.57 Å². The van der Waals surface area contributed by atoms with Gasteiger partial charge in [-0.1, -0.05) is 134 Å². The molecule has 2 aliphatic carbocycles. The summed E-state index contributed by atoms with van der Waals surface area (Å²) in [4.78, 5) is 2.47. The van der Waals surface area contributed by atoms with E-state index in [1.165, 1.54) is 61.6 Å². The molecule has 0 aromatic heterocycles. The summed E-state index contributed by atoms with van der Waals surface area (Å²) in [6.07, 6.45) is 15.7. The van der Waals surface area contributed by atoms with Gasteiger partial charge in [0.1, 0.15) is 6.17 Å². The first kappa shape index (κ1) is 28.0. The molecule has 1 unspecified atom stereocenters. The van der Waals surface area contributed by atoms with Crippen molar-refractivity contribution in [2.24, 2.45) is 0 Å². The molecule has 1 heterocycles. The lowest BCUT2D eigenvalue weighted by Gasteiger charge is -2.29. The van der Waals surface area contributed by atoms with Gasteiger partial charge in [-0.2, -0.15) is 0 Å². The fourth-order valence-corrected chi connectivity index (χ4v) is 7.02. The van der Waals surface area contributed by atoms with Crippen LogP contribution in [0, 0.1) is 0 Å². The van der Waals surface area contributed by atoms with E-state index in [4.69, 9.17) is 0 Å². The molecule has 2 atom stereocenters. The van der Waals surface area contributed by atoms with Crippen LogP contribution in [0.3, 0.4) is 0 Å². The first-order valence-corrected chi connectivity index (χ1v) is 16.0. The van der Waals surface area contributed by atoms with Gasteiger partial charge in [0, 0.05) is 17.3 Å². The number of rotatable bonds is 7. The largest absolute Gasteiger partial charge is 0.363 e. The average Bonchev–Trinajstić information content (AvgIpc) is 3.48. The minimum absolute atomic E-state index is 0.0961. The Morgan fingerprint density at radius 3 is 2.27 bits per heavy atom. The van der Waals surface area contributed by atoms with E-state index >= 15 is 0 Å². The van der Waals surface area contributed by atoms with Gasteiger partial charge in [-0.3, -0.25) is 0 Å². The molecule has 4 aromatic rings. The fraction of sp³-hybridized carbons (Fsp3) is 0.190. The van der Waals surface area contributed by atoms with Crippen molar-refractivity contribution in [1.29, 1.82) is 0 Å². The Labute approximate surface area is 262 Å². The summed E-state index contributed by atoms with van der Waals surface area (Å²) in [5.41, 5.74) is 14.5. The number of anilines is 1. The van der Waals surface area contributed by atoms with Crippen molar-refractivity contribution in [2.45, 2.75) is 51.6 Å². The first-order valence-electron chi connectivity index (χ1n) is 16.0. The highest BCUT2D eigenvalue weighted by Gasteiger charge is 2.33. The molecule has 218 valence electrons. The standard InChI is InChI=1S/C42H40N2/c1-3-36(37-18-10-11-19-38(37)41(32-14-6-4-7-15-32)33-24-22-30(2)23-25-33)31-26-28-35(29-27-31)44-40-21-13-12-20-39(40)43-42(44)34-16-8-5-9-17-34/h4-11,13-19,21-24,26-29,36,42-43H,3,12,20,25H2,1-2H3/b41-33-/t36-,42?/m1/s1. The maximum atomic E-state index is 3.84. The summed E-state index contributed by atoms with van der Waals surface area (Å²) in [6.45, 7) is 4.50. The average molecular weight is 573 g/mol. The van der Waals surface area contributed by atoms with Crippen molar-refractivity contribution in [1.82, 2.24) is 5.32 Å². The van der Waals surface area contributed by atoms with Crippen LogP contribution in [0.15, 0.2) is 162 Å². The lowest BCUT2D eigenvalue weighted by molar-refractivity contribution is 0.634. The van der Waals surface area contributed by atoms with Gasteiger partial charge < -0.3 is 10.2 Å². The van der Waals surface area contributed by atoms with Gasteiger partial charge in [-0.15, -0.1) is 0 Å². The van der Waals surface area contributed by atoms with Crippen LogP contribution in [-0.2, 0) is 0 Å². The zero-order valence-corrected chi connectivity index (χ0v) is 25.7. The number of allylic oxidation sites excluding steroid dienone is 8. The minimum Gasteiger partial charge on any atom is -0.363 e. The summed E-state index contributed by atoms with van der Waals surface area (Å²) in [6, 6.07) is 40.2. The Hall–Kier alpha value is -4.82. The molecule has 44 heavy (non-hydrogen) atoms. The van der Waals surface area contributed by atoms with Crippen LogP contribution >= 0.6 is 0 Å². The van der Waals surface area contributed by atoms with E-state index in [9.17, 15) is 0 Å². The molecule has 0 spiro atoms. The molecule has 0 saturated heterocycles. The smallest absolute Gasteiger partial charge is 0.130 e. The van der Waals surface area contributed by atoms with Gasteiger partial charge in [0.05, 0.1) is 5.70 Å². The van der Waals surface area contributed by atoms with Gasteiger partial charge in [-0.25, -0.2) is 0 Å². The molecular weight excluding hydrogens is 532 g/mol. The second-order valence-corrected chi connectivity index (χ2v) is 12.0. The van der Waals surface area contributed by atoms with E-state index in [0.29, 0.717) is 0 Å². The van der Waals surface area contributed by atoms with Crippen LogP contribution in [0.1, 0.15) is 79.4 Å². The van der Waals surface area contributed by atoms with Gasteiger partial charge in [0.15, 0.2) is 0 Å². The third kappa shape index (κ3) is 5.37. The second kappa shape index (κ2) is 12.4. The summed E-state index contributed by atoms with van der Waals surface area (Å²) in [5, 5.41) is 3.84. The van der Waals surface area contributed by atoms with Crippen molar-refractivity contribution in [3.05, 3.63) is 190 Å². The summed E-state index contributed by atoms with van der Waals surface area (Å²) in [5.74, 6) is 0.287. The number of benzene rings is 4. The summed E-state index contributed by atoms with van der Waals surface area (Å²) in [7, 11) is 0. The van der Waals surface area contributed by atoms with E-state index in [-0.39, 0.29) is 12.1 Å². The van der Waals surface area contributed by atoms with Gasteiger partial charge in [0.2, 0.25) is 0 Å². The van der Waals surface area contributed by atoms with Crippen molar-refractivity contribution in [3.8, 4) is 0 Å². The molecule has 4 aromatic carbocycles. The predicted octanol–water partition coefficient (Wildman–Crippen LogP) is 10.6. The lowest BCUT2D eigenvalue weighted by Crippen LogP contribution is -2.29. The van der Waals surface area contributed by atoms with E-state index in [1.54, 1.807) is 0 Å². The van der Waals surface area contributed by atoms with Crippen LogP contribution in [0.2, 0.25) is 0 Å². The minimum atomic E-state index is 0.0961. The van der Waals surface area contributed by atoms with Crippen molar-refractivity contribution >= 4 is 11.3 Å². The first-order chi connectivity index (χ1) is 21.7. The Kier molecular flexibility index (Phi) is 7.90. The highest BCUT2D eigenvalue weighted by Crippen LogP contribution is 2.42. The quantitative estimate of drug-likeness (QED) is 0.237. The Morgan fingerprint density at radius 2 is 1.55 bits per heavy atom. The van der Waals surface area contributed by atoms with E-state index in [2.05, 4.69) is 164 Å². The maximum Gasteiger partial charge on any atom is 0.130 e. The zero-order valence-electron chi connectivity index (χ0n) is 25.7. The van der Waals surface area contributed by atoms with Gasteiger partial charge in [0.25, 0.3) is 0 Å². The molecule has 0 amide bonds. The van der Waals surface area contributed by atoms with Crippen LogP contribution < -0.4 is 10.2 Å². The SMILES string of the molecule is CC[C@H](c1ccc(N2C3=C(CCC=C3)NC2c2ccccc2)cc1)c1ccccc1/C(=C1/C=CC(C)=CC1)c1ccccc1. The third-order valence-corrected chi connectivity index (χ3v) is 9.25. The van der Waals surface area contributed by atoms with E-state index in [0.717, 1.165) is 25.7 Å². The Morgan fingerprint density at radius 1 is 0.818 bits per heavy atom. The second-order valence-electron chi connectivity index (χ2n) is 12.0.